The molecule has 1 aliphatic heterocycles. The van der Waals surface area contributed by atoms with Crippen molar-refractivity contribution >= 4 is 0 Å². The van der Waals surface area contributed by atoms with Crippen molar-refractivity contribution in [1.29, 1.82) is 0 Å². The van der Waals surface area contributed by atoms with Gasteiger partial charge >= 0.3 is 0 Å². The van der Waals surface area contributed by atoms with Gasteiger partial charge in [0.05, 0.1) is 6.61 Å². The lowest BCUT2D eigenvalue weighted by molar-refractivity contribution is 0.153. The monoisotopic (exact) mass is 280 g/mol. The Hall–Kier alpha value is -1.13. The van der Waals surface area contributed by atoms with Gasteiger partial charge in [-0.05, 0) is 45.0 Å². The maximum Gasteiger partial charge on any atom is 0.126 e. The average molecular weight is 280 g/mol. The van der Waals surface area contributed by atoms with Crippen LogP contribution in [0.4, 0.5) is 4.39 Å². The fraction of sp³-hybridized carbons (Fsp3) is 0.625. The first kappa shape index (κ1) is 15.3. The summed E-state index contributed by atoms with van der Waals surface area (Å²) in [5.74, 6) is 0.474. The van der Waals surface area contributed by atoms with Gasteiger partial charge in [-0.1, -0.05) is 6.07 Å². The van der Waals surface area contributed by atoms with Gasteiger partial charge < -0.3 is 14.5 Å². The zero-order valence-electron chi connectivity index (χ0n) is 12.6. The largest absolute Gasteiger partial charge is 0.493 e. The van der Waals surface area contributed by atoms with E-state index in [1.54, 1.807) is 0 Å². The van der Waals surface area contributed by atoms with Crippen molar-refractivity contribution in [2.45, 2.75) is 19.8 Å². The SMILES string of the molecule is CCOc1cc(F)ccc1CCCN1CCN(C)CC1. The second-order valence-electron chi connectivity index (χ2n) is 5.43. The summed E-state index contributed by atoms with van der Waals surface area (Å²) in [5, 5.41) is 0. The molecule has 1 aliphatic rings. The van der Waals surface area contributed by atoms with Crippen molar-refractivity contribution in [3.8, 4) is 5.75 Å². The number of halogens is 1. The van der Waals surface area contributed by atoms with Crippen LogP contribution in [0.25, 0.3) is 0 Å². The third-order valence-corrected chi connectivity index (χ3v) is 3.85. The third-order valence-electron chi connectivity index (χ3n) is 3.85. The van der Waals surface area contributed by atoms with Gasteiger partial charge in [-0.25, -0.2) is 4.39 Å². The normalized spacial score (nSPS) is 17.4. The van der Waals surface area contributed by atoms with E-state index < -0.39 is 0 Å². The fourth-order valence-corrected chi connectivity index (χ4v) is 2.59. The van der Waals surface area contributed by atoms with Crippen LogP contribution in [0.2, 0.25) is 0 Å². The number of ether oxygens (including phenoxy) is 1. The molecule has 0 aromatic heterocycles. The van der Waals surface area contributed by atoms with Gasteiger partial charge in [-0.3, -0.25) is 0 Å². The summed E-state index contributed by atoms with van der Waals surface area (Å²) in [6.07, 6.45) is 2.04. The number of benzene rings is 1. The zero-order chi connectivity index (χ0) is 14.4. The molecule has 0 aliphatic carbocycles. The Morgan fingerprint density at radius 3 is 2.65 bits per heavy atom. The van der Waals surface area contributed by atoms with Crippen LogP contribution in [-0.2, 0) is 6.42 Å². The summed E-state index contributed by atoms with van der Waals surface area (Å²) in [6, 6.07) is 4.87. The molecule has 1 fully saturated rings. The van der Waals surface area contributed by atoms with E-state index in [0.29, 0.717) is 12.4 Å². The highest BCUT2D eigenvalue weighted by Crippen LogP contribution is 2.21. The molecule has 1 heterocycles. The van der Waals surface area contributed by atoms with Gasteiger partial charge in [0, 0.05) is 32.2 Å². The van der Waals surface area contributed by atoms with Crippen molar-refractivity contribution in [3.63, 3.8) is 0 Å². The van der Waals surface area contributed by atoms with E-state index in [-0.39, 0.29) is 5.82 Å². The highest BCUT2D eigenvalue weighted by molar-refractivity contribution is 5.34. The van der Waals surface area contributed by atoms with Crippen molar-refractivity contribution in [2.75, 3.05) is 46.4 Å². The number of likely N-dealkylation sites (N-methyl/N-ethyl adjacent to an activating group) is 1. The maximum atomic E-state index is 13.2. The first-order valence-corrected chi connectivity index (χ1v) is 7.51. The van der Waals surface area contributed by atoms with E-state index in [4.69, 9.17) is 4.74 Å². The molecule has 4 heteroatoms. The molecule has 112 valence electrons. The maximum absolute atomic E-state index is 13.2. The lowest BCUT2D eigenvalue weighted by Gasteiger charge is -2.32. The highest BCUT2D eigenvalue weighted by atomic mass is 19.1. The number of hydrogen-bond donors (Lipinski definition) is 0. The lowest BCUT2D eigenvalue weighted by Crippen LogP contribution is -2.44. The standard InChI is InChI=1S/C16H25FN2O/c1-3-20-16-13-15(17)7-6-14(16)5-4-8-19-11-9-18(2)10-12-19/h6-7,13H,3-5,8-12H2,1-2H3. The molecule has 1 saturated heterocycles. The van der Waals surface area contributed by atoms with Crippen LogP contribution in [0.15, 0.2) is 18.2 Å². The van der Waals surface area contributed by atoms with Crippen LogP contribution in [0, 0.1) is 5.82 Å². The van der Waals surface area contributed by atoms with Gasteiger partial charge in [0.1, 0.15) is 11.6 Å². The molecule has 0 N–H and O–H groups in total. The number of piperazine rings is 1. The van der Waals surface area contributed by atoms with E-state index in [1.165, 1.54) is 12.1 Å². The van der Waals surface area contributed by atoms with Crippen LogP contribution in [0.5, 0.6) is 5.75 Å². The minimum atomic E-state index is -0.226. The molecule has 1 aromatic rings. The Kier molecular flexibility index (Phi) is 5.80. The second-order valence-corrected chi connectivity index (χ2v) is 5.43. The first-order valence-electron chi connectivity index (χ1n) is 7.51. The molecule has 20 heavy (non-hydrogen) atoms. The number of hydrogen-bond acceptors (Lipinski definition) is 3. The molecule has 0 radical (unpaired) electrons. The quantitative estimate of drug-likeness (QED) is 0.796. The van der Waals surface area contributed by atoms with Crippen molar-refractivity contribution in [3.05, 3.63) is 29.6 Å². The van der Waals surface area contributed by atoms with E-state index >= 15 is 0 Å². The summed E-state index contributed by atoms with van der Waals surface area (Å²) < 4.78 is 18.7. The third kappa shape index (κ3) is 4.46. The summed E-state index contributed by atoms with van der Waals surface area (Å²) in [7, 11) is 2.17. The van der Waals surface area contributed by atoms with E-state index in [1.807, 2.05) is 13.0 Å². The van der Waals surface area contributed by atoms with Crippen LogP contribution < -0.4 is 4.74 Å². The van der Waals surface area contributed by atoms with Crippen LogP contribution in [0.1, 0.15) is 18.9 Å². The predicted octanol–water partition coefficient (Wildman–Crippen LogP) is 2.40. The molecular formula is C16H25FN2O. The Morgan fingerprint density at radius 1 is 1.20 bits per heavy atom. The number of nitrogens with zero attached hydrogens (tertiary/aromatic N) is 2. The lowest BCUT2D eigenvalue weighted by atomic mass is 10.1. The molecule has 0 atom stereocenters. The Morgan fingerprint density at radius 2 is 1.95 bits per heavy atom. The van der Waals surface area contributed by atoms with Gasteiger partial charge in [0.25, 0.3) is 0 Å². The minimum absolute atomic E-state index is 0.226. The van der Waals surface area contributed by atoms with Gasteiger partial charge in [0.15, 0.2) is 0 Å². The molecule has 0 bridgehead atoms. The zero-order valence-corrected chi connectivity index (χ0v) is 12.6. The van der Waals surface area contributed by atoms with Crippen molar-refractivity contribution < 1.29 is 9.13 Å². The van der Waals surface area contributed by atoms with E-state index in [2.05, 4.69) is 16.8 Å². The van der Waals surface area contributed by atoms with Crippen LogP contribution in [0.3, 0.4) is 0 Å². The number of rotatable bonds is 6. The molecule has 2 rings (SSSR count). The molecule has 0 amide bonds. The second kappa shape index (κ2) is 7.60. The van der Waals surface area contributed by atoms with Crippen molar-refractivity contribution in [2.24, 2.45) is 0 Å². The Labute approximate surface area is 121 Å². The smallest absolute Gasteiger partial charge is 0.126 e. The van der Waals surface area contributed by atoms with Gasteiger partial charge in [0.2, 0.25) is 0 Å². The molecule has 0 unspecified atom stereocenters. The summed E-state index contributed by atoms with van der Waals surface area (Å²) in [4.78, 5) is 4.87. The Balaban J connectivity index is 1.81. The summed E-state index contributed by atoms with van der Waals surface area (Å²) >= 11 is 0. The molecule has 0 spiro atoms. The van der Waals surface area contributed by atoms with E-state index in [0.717, 1.165) is 51.1 Å². The average Bonchev–Trinajstić information content (AvgIpc) is 2.44. The highest BCUT2D eigenvalue weighted by Gasteiger charge is 2.13. The van der Waals surface area contributed by atoms with Crippen molar-refractivity contribution in [1.82, 2.24) is 9.80 Å². The first-order chi connectivity index (χ1) is 9.69. The molecular weight excluding hydrogens is 255 g/mol. The van der Waals surface area contributed by atoms with E-state index in [9.17, 15) is 4.39 Å². The fourth-order valence-electron chi connectivity index (χ4n) is 2.59. The summed E-state index contributed by atoms with van der Waals surface area (Å²) in [6.45, 7) is 8.22. The summed E-state index contributed by atoms with van der Waals surface area (Å²) in [5.41, 5.74) is 1.11. The topological polar surface area (TPSA) is 15.7 Å². The van der Waals surface area contributed by atoms with Gasteiger partial charge in [-0.2, -0.15) is 0 Å². The molecule has 0 saturated carbocycles. The number of aryl methyl sites for hydroxylation is 1. The molecule has 3 nitrogen and oxygen atoms in total. The van der Waals surface area contributed by atoms with Gasteiger partial charge in [-0.15, -0.1) is 0 Å². The minimum Gasteiger partial charge on any atom is -0.493 e. The van der Waals surface area contributed by atoms with Crippen LogP contribution in [-0.4, -0.2) is 56.2 Å². The predicted molar refractivity (Wildman–Crippen MR) is 79.8 cm³/mol. The molecule has 1 aromatic carbocycles. The Bertz CT molecular complexity index is 417. The van der Waals surface area contributed by atoms with Crippen LogP contribution >= 0.6 is 0 Å².